The Morgan fingerprint density at radius 2 is 1.55 bits per heavy atom. The zero-order chi connectivity index (χ0) is 14.5. The fraction of sp³-hybridized carbons (Fsp3) is 0.294. The fourth-order valence-electron chi connectivity index (χ4n) is 2.15. The molecule has 2 N–H and O–H groups in total. The standard InChI is InChI=1S/C17H21NO2/c1-12-8-13(2)10-16(9-12)20-11-17(18)14-4-6-15(19-3)7-5-14/h4-10,17H,11,18H2,1-3H3. The van der Waals surface area contributed by atoms with Crippen molar-refractivity contribution in [1.82, 2.24) is 0 Å². The van der Waals surface area contributed by atoms with E-state index < -0.39 is 0 Å². The van der Waals surface area contributed by atoms with Gasteiger partial charge in [0.1, 0.15) is 18.1 Å². The third kappa shape index (κ3) is 3.75. The Kier molecular flexibility index (Phi) is 4.64. The summed E-state index contributed by atoms with van der Waals surface area (Å²) in [6.45, 7) is 4.57. The summed E-state index contributed by atoms with van der Waals surface area (Å²) in [4.78, 5) is 0. The van der Waals surface area contributed by atoms with Crippen LogP contribution in [0.2, 0.25) is 0 Å². The molecule has 0 heterocycles. The number of rotatable bonds is 5. The molecule has 0 saturated heterocycles. The minimum absolute atomic E-state index is 0.151. The minimum Gasteiger partial charge on any atom is -0.497 e. The second-order valence-corrected chi connectivity index (χ2v) is 5.01. The predicted molar refractivity (Wildman–Crippen MR) is 81.3 cm³/mol. The lowest BCUT2D eigenvalue weighted by molar-refractivity contribution is 0.290. The van der Waals surface area contributed by atoms with Gasteiger partial charge in [-0.2, -0.15) is 0 Å². The maximum absolute atomic E-state index is 6.14. The summed E-state index contributed by atoms with van der Waals surface area (Å²) >= 11 is 0. The second kappa shape index (κ2) is 6.44. The van der Waals surface area contributed by atoms with Crippen molar-refractivity contribution in [2.75, 3.05) is 13.7 Å². The Labute approximate surface area is 120 Å². The van der Waals surface area contributed by atoms with Gasteiger partial charge in [-0.1, -0.05) is 18.2 Å². The van der Waals surface area contributed by atoms with Crippen LogP contribution in [0, 0.1) is 13.8 Å². The largest absolute Gasteiger partial charge is 0.497 e. The molecule has 0 fully saturated rings. The van der Waals surface area contributed by atoms with Crippen LogP contribution in [0.4, 0.5) is 0 Å². The summed E-state index contributed by atoms with van der Waals surface area (Å²) < 4.78 is 10.9. The van der Waals surface area contributed by atoms with Gasteiger partial charge in [-0.3, -0.25) is 0 Å². The van der Waals surface area contributed by atoms with Crippen molar-refractivity contribution in [3.8, 4) is 11.5 Å². The van der Waals surface area contributed by atoms with E-state index in [0.29, 0.717) is 6.61 Å². The van der Waals surface area contributed by atoms with E-state index in [-0.39, 0.29) is 6.04 Å². The van der Waals surface area contributed by atoms with Crippen LogP contribution in [0.3, 0.4) is 0 Å². The summed E-state index contributed by atoms with van der Waals surface area (Å²) in [5.41, 5.74) is 9.57. The average Bonchev–Trinajstić information content (AvgIpc) is 2.44. The summed E-state index contributed by atoms with van der Waals surface area (Å²) in [5.74, 6) is 1.70. The van der Waals surface area contributed by atoms with Gasteiger partial charge in [-0.15, -0.1) is 0 Å². The van der Waals surface area contributed by atoms with Crippen LogP contribution >= 0.6 is 0 Å². The molecule has 0 aliphatic heterocycles. The van der Waals surface area contributed by atoms with E-state index in [2.05, 4.69) is 19.9 Å². The molecule has 0 aliphatic rings. The first-order valence-electron chi connectivity index (χ1n) is 6.69. The van der Waals surface area contributed by atoms with Crippen molar-refractivity contribution in [2.24, 2.45) is 5.73 Å². The third-order valence-corrected chi connectivity index (χ3v) is 3.17. The highest BCUT2D eigenvalue weighted by Gasteiger charge is 2.07. The molecule has 0 aliphatic carbocycles. The van der Waals surface area contributed by atoms with Gasteiger partial charge >= 0.3 is 0 Å². The first kappa shape index (κ1) is 14.4. The summed E-state index contributed by atoms with van der Waals surface area (Å²) in [6, 6.07) is 13.8. The molecule has 106 valence electrons. The van der Waals surface area contributed by atoms with E-state index in [1.54, 1.807) is 7.11 Å². The molecule has 1 atom stereocenters. The first-order chi connectivity index (χ1) is 9.58. The number of benzene rings is 2. The Bertz CT molecular complexity index is 543. The maximum Gasteiger partial charge on any atom is 0.119 e. The molecular weight excluding hydrogens is 250 g/mol. The topological polar surface area (TPSA) is 44.5 Å². The highest BCUT2D eigenvalue weighted by molar-refractivity contribution is 5.33. The molecule has 3 nitrogen and oxygen atoms in total. The van der Waals surface area contributed by atoms with E-state index in [1.807, 2.05) is 36.4 Å². The lowest BCUT2D eigenvalue weighted by Crippen LogP contribution is -2.19. The summed E-state index contributed by atoms with van der Waals surface area (Å²) in [5, 5.41) is 0. The van der Waals surface area contributed by atoms with Crippen molar-refractivity contribution in [1.29, 1.82) is 0 Å². The monoisotopic (exact) mass is 271 g/mol. The maximum atomic E-state index is 6.14. The lowest BCUT2D eigenvalue weighted by Gasteiger charge is -2.15. The van der Waals surface area contributed by atoms with Gasteiger partial charge in [0, 0.05) is 0 Å². The number of nitrogens with two attached hydrogens (primary N) is 1. The molecule has 2 aromatic carbocycles. The number of hydrogen-bond donors (Lipinski definition) is 1. The average molecular weight is 271 g/mol. The van der Waals surface area contributed by atoms with Gasteiger partial charge in [0.15, 0.2) is 0 Å². The molecule has 0 bridgehead atoms. The number of aryl methyl sites for hydroxylation is 2. The molecule has 0 saturated carbocycles. The zero-order valence-corrected chi connectivity index (χ0v) is 12.2. The SMILES string of the molecule is COc1ccc(C(N)COc2cc(C)cc(C)c2)cc1. The molecule has 2 aromatic rings. The van der Waals surface area contributed by atoms with Crippen LogP contribution in [0.25, 0.3) is 0 Å². The number of ether oxygens (including phenoxy) is 2. The van der Waals surface area contributed by atoms with Crippen LogP contribution in [0.1, 0.15) is 22.7 Å². The van der Waals surface area contributed by atoms with Gasteiger partial charge < -0.3 is 15.2 Å². The van der Waals surface area contributed by atoms with E-state index in [1.165, 1.54) is 11.1 Å². The smallest absolute Gasteiger partial charge is 0.119 e. The molecule has 3 heteroatoms. The van der Waals surface area contributed by atoms with Crippen LogP contribution in [-0.2, 0) is 0 Å². The minimum atomic E-state index is -0.151. The summed E-state index contributed by atoms with van der Waals surface area (Å²) in [6.07, 6.45) is 0. The van der Waals surface area contributed by atoms with Crippen molar-refractivity contribution in [2.45, 2.75) is 19.9 Å². The second-order valence-electron chi connectivity index (χ2n) is 5.01. The fourth-order valence-corrected chi connectivity index (χ4v) is 2.15. The first-order valence-corrected chi connectivity index (χ1v) is 6.69. The zero-order valence-electron chi connectivity index (χ0n) is 12.2. The van der Waals surface area contributed by atoms with E-state index >= 15 is 0 Å². The van der Waals surface area contributed by atoms with Gasteiger partial charge in [-0.25, -0.2) is 0 Å². The van der Waals surface area contributed by atoms with Crippen molar-refractivity contribution in [3.05, 3.63) is 59.2 Å². The van der Waals surface area contributed by atoms with Crippen molar-refractivity contribution >= 4 is 0 Å². The van der Waals surface area contributed by atoms with Gasteiger partial charge in [0.25, 0.3) is 0 Å². The van der Waals surface area contributed by atoms with Crippen LogP contribution in [0.5, 0.6) is 11.5 Å². The normalized spacial score (nSPS) is 12.0. The van der Waals surface area contributed by atoms with Crippen LogP contribution in [-0.4, -0.2) is 13.7 Å². The Balaban J connectivity index is 1.98. The molecule has 0 amide bonds. The number of methoxy groups -OCH3 is 1. The molecule has 0 aromatic heterocycles. The van der Waals surface area contributed by atoms with Crippen molar-refractivity contribution < 1.29 is 9.47 Å². The van der Waals surface area contributed by atoms with Crippen LogP contribution in [0.15, 0.2) is 42.5 Å². The van der Waals surface area contributed by atoms with Crippen LogP contribution < -0.4 is 15.2 Å². The van der Waals surface area contributed by atoms with E-state index in [9.17, 15) is 0 Å². The van der Waals surface area contributed by atoms with E-state index in [0.717, 1.165) is 17.1 Å². The highest BCUT2D eigenvalue weighted by atomic mass is 16.5. The van der Waals surface area contributed by atoms with Gasteiger partial charge in [0.2, 0.25) is 0 Å². The molecule has 20 heavy (non-hydrogen) atoms. The quantitative estimate of drug-likeness (QED) is 0.906. The van der Waals surface area contributed by atoms with Crippen molar-refractivity contribution in [3.63, 3.8) is 0 Å². The third-order valence-electron chi connectivity index (χ3n) is 3.17. The van der Waals surface area contributed by atoms with Gasteiger partial charge in [-0.05, 0) is 54.8 Å². The molecule has 0 spiro atoms. The predicted octanol–water partition coefficient (Wildman–Crippen LogP) is 3.39. The lowest BCUT2D eigenvalue weighted by atomic mass is 10.1. The Hall–Kier alpha value is -2.00. The molecule has 2 rings (SSSR count). The van der Waals surface area contributed by atoms with Gasteiger partial charge in [0.05, 0.1) is 13.2 Å². The molecule has 0 radical (unpaired) electrons. The Morgan fingerprint density at radius 1 is 0.950 bits per heavy atom. The molecule has 1 unspecified atom stereocenters. The molecular formula is C17H21NO2. The van der Waals surface area contributed by atoms with E-state index in [4.69, 9.17) is 15.2 Å². The summed E-state index contributed by atoms with van der Waals surface area (Å²) in [7, 11) is 1.65. The number of hydrogen-bond acceptors (Lipinski definition) is 3. The Morgan fingerprint density at radius 3 is 2.10 bits per heavy atom. The highest BCUT2D eigenvalue weighted by Crippen LogP contribution is 2.20.